The van der Waals surface area contributed by atoms with Crippen molar-refractivity contribution in [3.63, 3.8) is 0 Å². The predicted molar refractivity (Wildman–Crippen MR) is 106 cm³/mol. The van der Waals surface area contributed by atoms with Gasteiger partial charge in [-0.2, -0.15) is 0 Å². The number of nitrogens with one attached hydrogen (secondary N) is 4. The standard InChI is InChI=1S/C18H30N6O6/c1-9(2)4-12(16(28)21-7-14(26)27)23-17(29)13(5-11-6-20-8-22-11)24-18(30)15(19)10(3)25/h6,8-10,12-13,15,25H,4-5,7,19H2,1-3H3,(H,20,22)(H,21,28)(H,23,29)(H,24,30)(H,26,27). The number of carbonyl (C=O) groups is 4. The summed E-state index contributed by atoms with van der Waals surface area (Å²) in [6.45, 7) is 4.45. The highest BCUT2D eigenvalue weighted by Crippen LogP contribution is 2.07. The summed E-state index contributed by atoms with van der Waals surface area (Å²) in [5.74, 6) is -3.23. The van der Waals surface area contributed by atoms with E-state index >= 15 is 0 Å². The Hall–Kier alpha value is -2.99. The summed E-state index contributed by atoms with van der Waals surface area (Å²) >= 11 is 0. The number of rotatable bonds is 12. The van der Waals surface area contributed by atoms with Crippen molar-refractivity contribution in [1.29, 1.82) is 0 Å². The van der Waals surface area contributed by atoms with Crippen molar-refractivity contribution < 1.29 is 29.4 Å². The smallest absolute Gasteiger partial charge is 0.322 e. The molecule has 0 aliphatic heterocycles. The highest BCUT2D eigenvalue weighted by atomic mass is 16.4. The van der Waals surface area contributed by atoms with Crippen LogP contribution in [0.15, 0.2) is 12.5 Å². The Morgan fingerprint density at radius 1 is 1.10 bits per heavy atom. The number of H-pyrrole nitrogens is 1. The van der Waals surface area contributed by atoms with Crippen LogP contribution in [-0.2, 0) is 25.6 Å². The second-order valence-electron chi connectivity index (χ2n) is 7.41. The van der Waals surface area contributed by atoms with E-state index in [1.807, 2.05) is 13.8 Å². The lowest BCUT2D eigenvalue weighted by Crippen LogP contribution is -2.58. The molecule has 0 bridgehead atoms. The van der Waals surface area contributed by atoms with Gasteiger partial charge in [-0.25, -0.2) is 4.98 Å². The Balaban J connectivity index is 2.96. The number of aliphatic hydroxyl groups is 1. The van der Waals surface area contributed by atoms with Crippen LogP contribution in [0, 0.1) is 5.92 Å². The van der Waals surface area contributed by atoms with Crippen molar-refractivity contribution >= 4 is 23.7 Å². The second-order valence-corrected chi connectivity index (χ2v) is 7.41. The lowest BCUT2D eigenvalue weighted by atomic mass is 10.0. The molecule has 8 N–H and O–H groups in total. The van der Waals surface area contributed by atoms with Crippen LogP contribution in [-0.4, -0.2) is 74.6 Å². The third-order valence-electron chi connectivity index (χ3n) is 4.19. The molecule has 168 valence electrons. The average molecular weight is 426 g/mol. The highest BCUT2D eigenvalue weighted by Gasteiger charge is 2.30. The van der Waals surface area contributed by atoms with Crippen LogP contribution in [0.25, 0.3) is 0 Å². The van der Waals surface area contributed by atoms with Gasteiger partial charge in [0.05, 0.1) is 12.4 Å². The maximum Gasteiger partial charge on any atom is 0.322 e. The summed E-state index contributed by atoms with van der Waals surface area (Å²) in [5, 5.41) is 25.5. The third kappa shape index (κ3) is 8.57. The van der Waals surface area contributed by atoms with Crippen LogP contribution in [0.1, 0.15) is 32.9 Å². The van der Waals surface area contributed by atoms with Crippen LogP contribution < -0.4 is 21.7 Å². The number of hydrogen-bond donors (Lipinski definition) is 7. The molecular weight excluding hydrogens is 396 g/mol. The lowest BCUT2D eigenvalue weighted by molar-refractivity contribution is -0.138. The minimum Gasteiger partial charge on any atom is -0.480 e. The predicted octanol–water partition coefficient (Wildman–Crippen LogP) is -2.12. The Bertz CT molecular complexity index is 721. The van der Waals surface area contributed by atoms with Crippen molar-refractivity contribution in [2.75, 3.05) is 6.54 Å². The number of aromatic nitrogens is 2. The summed E-state index contributed by atoms with van der Waals surface area (Å²) in [6, 6.07) is -3.35. The van der Waals surface area contributed by atoms with Crippen molar-refractivity contribution in [2.45, 2.75) is 57.8 Å². The highest BCUT2D eigenvalue weighted by molar-refractivity contribution is 5.93. The van der Waals surface area contributed by atoms with Crippen LogP contribution >= 0.6 is 0 Å². The summed E-state index contributed by atoms with van der Waals surface area (Å²) < 4.78 is 0. The van der Waals surface area contributed by atoms with E-state index < -0.39 is 54.5 Å². The molecule has 0 radical (unpaired) electrons. The number of aliphatic hydroxyl groups excluding tert-OH is 1. The summed E-state index contributed by atoms with van der Waals surface area (Å²) in [5.41, 5.74) is 6.18. The van der Waals surface area contributed by atoms with Gasteiger partial charge in [0.25, 0.3) is 0 Å². The molecule has 0 aliphatic rings. The zero-order valence-corrected chi connectivity index (χ0v) is 17.2. The molecule has 0 aliphatic carbocycles. The zero-order chi connectivity index (χ0) is 22.8. The molecule has 1 aromatic rings. The molecule has 0 aromatic carbocycles. The topological polar surface area (TPSA) is 200 Å². The van der Waals surface area contributed by atoms with Gasteiger partial charge >= 0.3 is 5.97 Å². The number of aromatic amines is 1. The van der Waals surface area contributed by atoms with E-state index in [1.54, 1.807) is 0 Å². The Kier molecular flexibility index (Phi) is 9.92. The van der Waals surface area contributed by atoms with Gasteiger partial charge in [0, 0.05) is 18.3 Å². The minimum absolute atomic E-state index is 0.0233. The van der Waals surface area contributed by atoms with Crippen LogP contribution in [0.5, 0.6) is 0 Å². The molecule has 0 fully saturated rings. The number of imidazole rings is 1. The van der Waals surface area contributed by atoms with Gasteiger partial charge in [-0.15, -0.1) is 0 Å². The quantitative estimate of drug-likeness (QED) is 0.196. The molecule has 0 saturated carbocycles. The average Bonchev–Trinajstić information content (AvgIpc) is 3.16. The van der Waals surface area contributed by atoms with Crippen LogP contribution in [0.4, 0.5) is 0 Å². The third-order valence-corrected chi connectivity index (χ3v) is 4.19. The Morgan fingerprint density at radius 3 is 2.23 bits per heavy atom. The first-order valence-corrected chi connectivity index (χ1v) is 9.52. The zero-order valence-electron chi connectivity index (χ0n) is 17.2. The number of aliphatic carboxylic acids is 1. The molecular formula is C18H30N6O6. The molecule has 4 unspecified atom stereocenters. The van der Waals surface area contributed by atoms with Gasteiger partial charge in [-0.05, 0) is 19.3 Å². The number of carbonyl (C=O) groups excluding carboxylic acids is 3. The SMILES string of the molecule is CC(C)CC(NC(=O)C(Cc1cnc[nH]1)NC(=O)C(N)C(C)O)C(=O)NCC(=O)O. The summed E-state index contributed by atoms with van der Waals surface area (Å²) in [4.78, 5) is 54.8. The molecule has 0 saturated heterocycles. The van der Waals surface area contributed by atoms with E-state index in [1.165, 1.54) is 19.4 Å². The van der Waals surface area contributed by atoms with Crippen LogP contribution in [0.2, 0.25) is 0 Å². The number of nitrogens with two attached hydrogens (primary N) is 1. The first kappa shape index (κ1) is 25.0. The number of carboxylic acids is 1. The van der Waals surface area contributed by atoms with E-state index in [-0.39, 0.29) is 18.8 Å². The normalized spacial score (nSPS) is 15.0. The van der Waals surface area contributed by atoms with E-state index in [9.17, 15) is 24.3 Å². The number of hydrogen-bond acceptors (Lipinski definition) is 7. The van der Waals surface area contributed by atoms with Gasteiger partial charge in [0.2, 0.25) is 17.7 Å². The number of amides is 3. The summed E-state index contributed by atoms with van der Waals surface area (Å²) in [6.07, 6.45) is 2.06. The fourth-order valence-corrected chi connectivity index (χ4v) is 2.57. The van der Waals surface area contributed by atoms with Gasteiger partial charge < -0.3 is 36.9 Å². The van der Waals surface area contributed by atoms with E-state index in [4.69, 9.17) is 10.8 Å². The fourth-order valence-electron chi connectivity index (χ4n) is 2.57. The molecule has 0 spiro atoms. The van der Waals surface area contributed by atoms with Gasteiger partial charge in [-0.1, -0.05) is 13.8 Å². The maximum atomic E-state index is 12.9. The van der Waals surface area contributed by atoms with Crippen molar-refractivity contribution in [3.05, 3.63) is 18.2 Å². The molecule has 12 nitrogen and oxygen atoms in total. The minimum atomic E-state index is -1.24. The van der Waals surface area contributed by atoms with Crippen molar-refractivity contribution in [3.8, 4) is 0 Å². The molecule has 1 heterocycles. The summed E-state index contributed by atoms with van der Waals surface area (Å²) in [7, 11) is 0. The largest absolute Gasteiger partial charge is 0.480 e. The van der Waals surface area contributed by atoms with E-state index in [2.05, 4.69) is 25.9 Å². The lowest BCUT2D eigenvalue weighted by Gasteiger charge is -2.25. The molecule has 1 aromatic heterocycles. The number of nitrogens with zero attached hydrogens (tertiary/aromatic N) is 1. The Morgan fingerprint density at radius 2 is 1.73 bits per heavy atom. The first-order chi connectivity index (χ1) is 14.0. The van der Waals surface area contributed by atoms with Gasteiger partial charge in [0.15, 0.2) is 0 Å². The van der Waals surface area contributed by atoms with Crippen molar-refractivity contribution in [1.82, 2.24) is 25.9 Å². The fraction of sp³-hybridized carbons (Fsp3) is 0.611. The number of carboxylic acid groups (broad SMARTS) is 1. The Labute approximate surface area is 174 Å². The monoisotopic (exact) mass is 426 g/mol. The van der Waals surface area contributed by atoms with E-state index in [0.717, 1.165) is 0 Å². The second kappa shape index (κ2) is 11.9. The van der Waals surface area contributed by atoms with Gasteiger partial charge in [-0.3, -0.25) is 19.2 Å². The first-order valence-electron chi connectivity index (χ1n) is 9.52. The van der Waals surface area contributed by atoms with Gasteiger partial charge in [0.1, 0.15) is 24.7 Å². The maximum absolute atomic E-state index is 12.9. The molecule has 30 heavy (non-hydrogen) atoms. The molecule has 4 atom stereocenters. The molecule has 12 heteroatoms. The van der Waals surface area contributed by atoms with Crippen LogP contribution in [0.3, 0.4) is 0 Å². The molecule has 1 rings (SSSR count). The van der Waals surface area contributed by atoms with E-state index in [0.29, 0.717) is 5.69 Å². The van der Waals surface area contributed by atoms with Crippen molar-refractivity contribution in [2.24, 2.45) is 11.7 Å². The molecule has 3 amide bonds.